The SMILES string of the molecule is O=c1[nH]c(=O)n([C@@H]2O[C@H](COP(=O)([O-])OP(=O)(O)OP(=O)(O)OP(=O)([O-])O)[C@@H](O)[C@H]2O)cc1Br.[Na+].[Na+]. The van der Waals surface area contributed by atoms with Crippen molar-refractivity contribution >= 4 is 47.2 Å². The average Bonchev–Trinajstić information content (AvgIpc) is 2.87. The van der Waals surface area contributed by atoms with E-state index in [0.29, 0.717) is 4.57 Å². The Morgan fingerprint density at radius 2 is 1.53 bits per heavy atom. The molecule has 0 saturated carbocycles. The number of hydrogen-bond acceptors (Lipinski definition) is 15. The number of hydrogen-bond donors (Lipinski definition) is 6. The van der Waals surface area contributed by atoms with Crippen molar-refractivity contribution in [2.45, 2.75) is 24.5 Å². The molecule has 1 saturated heterocycles. The van der Waals surface area contributed by atoms with Gasteiger partial charge in [-0.2, -0.15) is 4.31 Å². The number of nitrogens with one attached hydrogen (secondary N) is 1. The van der Waals surface area contributed by atoms with E-state index in [-0.39, 0.29) is 63.6 Å². The molecule has 20 nitrogen and oxygen atoms in total. The standard InChI is InChI=1S/C9H15BrN2O18P4.2Na/c10-3-1-12(9(16)11-7(3)15)8-6(14)5(13)4(27-8)2-26-32(20,21)29-34(24,25)30-33(22,23)28-31(17,18)19;;/h1,4-6,8,13-14H,2H2,(H,20,21)(H,22,23)(H,24,25)(H,11,15,16)(H2,17,18,19);;/q;2*+1/p-2/t4-,5-,6-,8-;;/m1../s1. The van der Waals surface area contributed by atoms with Crippen LogP contribution in [0.3, 0.4) is 0 Å². The quantitative estimate of drug-likeness (QED) is 0.0982. The molecule has 1 aromatic heterocycles. The van der Waals surface area contributed by atoms with Crippen molar-refractivity contribution in [2.75, 3.05) is 6.61 Å². The van der Waals surface area contributed by atoms with Gasteiger partial charge in [0, 0.05) is 6.20 Å². The molecule has 0 bridgehead atoms. The molecule has 2 rings (SSSR count). The molecule has 1 aliphatic rings. The molecule has 36 heavy (non-hydrogen) atoms. The van der Waals surface area contributed by atoms with E-state index < -0.39 is 73.7 Å². The molecular formula is C9H13BrN2Na2O18P4. The van der Waals surface area contributed by atoms with Crippen molar-refractivity contribution in [3.63, 3.8) is 0 Å². The molecule has 2 heterocycles. The van der Waals surface area contributed by atoms with E-state index in [4.69, 9.17) is 14.5 Å². The van der Waals surface area contributed by atoms with Crippen molar-refractivity contribution in [2.24, 2.45) is 0 Å². The predicted octanol–water partition coefficient (Wildman–Crippen LogP) is -8.88. The molecule has 0 radical (unpaired) electrons. The summed E-state index contributed by atoms with van der Waals surface area (Å²) in [5, 5.41) is 20.1. The van der Waals surface area contributed by atoms with Crippen LogP contribution in [0, 0.1) is 0 Å². The maximum absolute atomic E-state index is 11.9. The number of phosphoric ester groups is 1. The Morgan fingerprint density at radius 3 is 2.06 bits per heavy atom. The fourth-order valence-electron chi connectivity index (χ4n) is 2.35. The Balaban J connectivity index is 0.00000612. The number of aliphatic hydroxyl groups excluding tert-OH is 2. The fourth-order valence-corrected chi connectivity index (χ4v) is 7.06. The van der Waals surface area contributed by atoms with Crippen LogP contribution in [0.5, 0.6) is 0 Å². The first-order valence-electron chi connectivity index (χ1n) is 8.03. The van der Waals surface area contributed by atoms with Gasteiger partial charge in [0.2, 0.25) is 0 Å². The zero-order valence-corrected chi connectivity index (χ0v) is 26.9. The minimum atomic E-state index is -6.13. The number of rotatable bonds is 10. The summed E-state index contributed by atoms with van der Waals surface area (Å²) in [6.45, 7) is -1.23. The number of ether oxygens (including phenoxy) is 1. The first kappa shape index (κ1) is 37.6. The summed E-state index contributed by atoms with van der Waals surface area (Å²) >= 11 is 2.82. The van der Waals surface area contributed by atoms with Crippen LogP contribution < -0.4 is 80.2 Å². The van der Waals surface area contributed by atoms with Crippen molar-refractivity contribution in [1.82, 2.24) is 9.55 Å². The van der Waals surface area contributed by atoms with E-state index in [1.165, 1.54) is 0 Å². The molecule has 1 aliphatic heterocycles. The van der Waals surface area contributed by atoms with E-state index in [9.17, 15) is 52.7 Å². The van der Waals surface area contributed by atoms with Gasteiger partial charge in [-0.05, 0) is 15.9 Å². The largest absolute Gasteiger partial charge is 1.00 e. The topological polar surface area (TPSA) is 317 Å². The van der Waals surface area contributed by atoms with E-state index in [2.05, 4.69) is 33.4 Å². The van der Waals surface area contributed by atoms with Crippen LogP contribution in [0.25, 0.3) is 0 Å². The normalized spacial score (nSPS) is 28.4. The van der Waals surface area contributed by atoms with Gasteiger partial charge in [-0.25, -0.2) is 22.5 Å². The Labute approximate surface area is 251 Å². The molecule has 6 N–H and O–H groups in total. The van der Waals surface area contributed by atoms with Gasteiger partial charge in [0.15, 0.2) is 6.23 Å². The second-order valence-electron chi connectivity index (χ2n) is 6.08. The number of aromatic nitrogens is 2. The van der Waals surface area contributed by atoms with Crippen LogP contribution in [-0.2, 0) is 40.5 Å². The monoisotopic (exact) mass is 686 g/mol. The van der Waals surface area contributed by atoms with Gasteiger partial charge in [-0.3, -0.25) is 23.5 Å². The molecule has 196 valence electrons. The first-order valence-corrected chi connectivity index (χ1v) is 14.8. The second-order valence-corrected chi connectivity index (χ2v) is 12.9. The number of halogens is 1. The molecule has 27 heteroatoms. The van der Waals surface area contributed by atoms with Crippen LogP contribution >= 0.6 is 47.2 Å². The van der Waals surface area contributed by atoms with E-state index >= 15 is 0 Å². The molecule has 4 unspecified atom stereocenters. The number of nitrogens with zero attached hydrogens (tertiary/aromatic N) is 1. The van der Waals surface area contributed by atoms with E-state index in [1.54, 1.807) is 0 Å². The number of aromatic amines is 1. The molecule has 0 aliphatic carbocycles. The third-order valence-corrected chi connectivity index (χ3v) is 9.51. The molecule has 0 amide bonds. The summed E-state index contributed by atoms with van der Waals surface area (Å²) in [5.41, 5.74) is -1.91. The zero-order chi connectivity index (χ0) is 26.3. The van der Waals surface area contributed by atoms with E-state index in [1.807, 2.05) is 4.98 Å². The molecule has 0 spiro atoms. The third kappa shape index (κ3) is 11.2. The summed E-state index contributed by atoms with van der Waals surface area (Å²) in [5.74, 6) is 0. The molecular weight excluding hydrogens is 674 g/mol. The van der Waals surface area contributed by atoms with Crippen LogP contribution in [0.2, 0.25) is 0 Å². The summed E-state index contributed by atoms with van der Waals surface area (Å²) in [4.78, 5) is 73.8. The van der Waals surface area contributed by atoms with Crippen LogP contribution in [0.15, 0.2) is 20.3 Å². The minimum absolute atomic E-state index is 0. The number of H-pyrrole nitrogens is 1. The van der Waals surface area contributed by atoms with Crippen LogP contribution in [-0.4, -0.2) is 59.4 Å². The van der Waals surface area contributed by atoms with Gasteiger partial charge in [0.25, 0.3) is 21.2 Å². The molecule has 8 atom stereocenters. The fraction of sp³-hybridized carbons (Fsp3) is 0.556. The van der Waals surface area contributed by atoms with Crippen molar-refractivity contribution in [1.29, 1.82) is 0 Å². The third-order valence-electron chi connectivity index (χ3n) is 3.55. The van der Waals surface area contributed by atoms with Crippen molar-refractivity contribution in [3.05, 3.63) is 31.5 Å². The van der Waals surface area contributed by atoms with Gasteiger partial charge < -0.3 is 43.9 Å². The van der Waals surface area contributed by atoms with Crippen LogP contribution in [0.1, 0.15) is 6.23 Å². The molecule has 1 aromatic rings. The van der Waals surface area contributed by atoms with Gasteiger partial charge in [-0.1, -0.05) is 0 Å². The van der Waals surface area contributed by atoms with Gasteiger partial charge in [0.1, 0.15) is 18.3 Å². The maximum atomic E-state index is 11.9. The summed E-state index contributed by atoms with van der Waals surface area (Å²) in [6.07, 6.45) is -6.28. The van der Waals surface area contributed by atoms with E-state index in [0.717, 1.165) is 6.20 Å². The van der Waals surface area contributed by atoms with Gasteiger partial charge >= 0.3 is 80.4 Å². The average molecular weight is 687 g/mol. The summed E-state index contributed by atoms with van der Waals surface area (Å²) < 4.78 is 64.7. The van der Waals surface area contributed by atoms with Crippen molar-refractivity contribution in [3.8, 4) is 0 Å². The molecule has 1 fully saturated rings. The van der Waals surface area contributed by atoms with Gasteiger partial charge in [-0.15, -0.1) is 0 Å². The second kappa shape index (κ2) is 14.0. The number of phosphoric acid groups is 4. The van der Waals surface area contributed by atoms with Crippen molar-refractivity contribution < 1.29 is 134 Å². The number of aliphatic hydroxyl groups is 2. The Bertz CT molecular complexity index is 1230. The zero-order valence-electron chi connectivity index (χ0n) is 17.8. The van der Waals surface area contributed by atoms with Gasteiger partial charge in [0.05, 0.1) is 11.1 Å². The predicted molar refractivity (Wildman–Crippen MR) is 101 cm³/mol. The maximum Gasteiger partial charge on any atom is 1.00 e. The summed E-state index contributed by atoms with van der Waals surface area (Å²) in [7, 11) is -24.1. The Kier molecular flexibility index (Phi) is 14.6. The summed E-state index contributed by atoms with van der Waals surface area (Å²) in [6, 6.07) is 0. The Hall–Kier alpha value is 1.60. The first-order chi connectivity index (χ1) is 15.2. The van der Waals surface area contributed by atoms with Crippen LogP contribution in [0.4, 0.5) is 0 Å². The Morgan fingerprint density at radius 1 is 1.00 bits per heavy atom. The smallest absolute Gasteiger partial charge is 0.756 e. The minimum Gasteiger partial charge on any atom is -0.756 e. The molecule has 0 aromatic carbocycles.